The van der Waals surface area contributed by atoms with E-state index >= 15 is 0 Å². The van der Waals surface area contributed by atoms with Gasteiger partial charge in [0.05, 0.1) is 11.7 Å². The Morgan fingerprint density at radius 1 is 0.309 bits per heavy atom. The molecule has 0 amide bonds. The minimum atomic E-state index is -0.0841. The molecule has 0 aromatic heterocycles. The molecule has 2 aliphatic carbocycles. The van der Waals surface area contributed by atoms with E-state index in [0.717, 1.165) is 43.9 Å². The smallest absolute Gasteiger partial charge is 0.0815 e. The predicted octanol–water partition coefficient (Wildman–Crippen LogP) is 17.6. The number of β-amino-alcohol motifs (C(OH)–C–C–N with tert-alkyl or cyclic N) is 1. The van der Waals surface area contributed by atoms with E-state index in [0.29, 0.717) is 33.1 Å². The van der Waals surface area contributed by atoms with E-state index in [1.807, 2.05) is 0 Å². The number of rotatable bonds is 1. The largest absolute Gasteiger partial charge is 0.392 e. The molecular formula is C72H149N7O2. The quantitative estimate of drug-likeness (QED) is 0.277. The fourth-order valence-electron chi connectivity index (χ4n) is 13.0. The molecule has 9 aliphatic rings. The lowest BCUT2D eigenvalue weighted by molar-refractivity contribution is -0.216. The van der Waals surface area contributed by atoms with Crippen LogP contribution < -0.4 is 0 Å². The van der Waals surface area contributed by atoms with E-state index in [2.05, 4.69) is 201 Å². The van der Waals surface area contributed by atoms with Crippen LogP contribution in [0.2, 0.25) is 0 Å². The van der Waals surface area contributed by atoms with Crippen molar-refractivity contribution in [2.45, 2.75) is 359 Å². The SMILES string of the molecule is CC(C)(C)C1CCCCC1.CC(C)(C)N1CC2(CCC2)C1.CC(C)(C)N1CCC(O)C1.CC(C)(C)N1CCCC1.CC(C)(C)N1CCCCC1.CC(C)(C)N1CCCCC1.CC(C)(C)N1CCCCCC1.CC(C)(C)ON1CCCC1. The van der Waals surface area contributed by atoms with Crippen molar-refractivity contribution < 1.29 is 9.94 Å². The fraction of sp³-hybridized carbons (Fsp3) is 1.00. The van der Waals surface area contributed by atoms with Crippen molar-refractivity contribution in [1.82, 2.24) is 34.5 Å². The summed E-state index contributed by atoms with van der Waals surface area (Å²) in [6.45, 7) is 71.9. The number of hydroxylamine groups is 2. The van der Waals surface area contributed by atoms with Gasteiger partial charge in [-0.25, -0.2) is 0 Å². The zero-order chi connectivity index (χ0) is 61.6. The molecule has 7 aliphatic heterocycles. The number of piperidine rings is 2. The third-order valence-electron chi connectivity index (χ3n) is 19.0. The van der Waals surface area contributed by atoms with Crippen molar-refractivity contribution in [2.75, 3.05) is 91.6 Å². The summed E-state index contributed by atoms with van der Waals surface area (Å²) >= 11 is 0. The summed E-state index contributed by atoms with van der Waals surface area (Å²) in [7, 11) is 0. The number of hydrogen-bond acceptors (Lipinski definition) is 9. The number of aliphatic hydroxyl groups excluding tert-OH is 1. The Balaban J connectivity index is 0.000000316. The van der Waals surface area contributed by atoms with Gasteiger partial charge in [-0.2, -0.15) is 5.06 Å². The molecule has 9 fully saturated rings. The molecule has 7 heterocycles. The Morgan fingerprint density at radius 3 is 0.815 bits per heavy atom. The molecule has 81 heavy (non-hydrogen) atoms. The minimum Gasteiger partial charge on any atom is -0.392 e. The predicted molar refractivity (Wildman–Crippen MR) is 358 cm³/mol. The van der Waals surface area contributed by atoms with E-state index < -0.39 is 0 Å². The van der Waals surface area contributed by atoms with Gasteiger partial charge in [-0.3, -0.25) is 34.2 Å². The topological polar surface area (TPSA) is 52.1 Å². The first kappa shape index (κ1) is 76.7. The van der Waals surface area contributed by atoms with Gasteiger partial charge in [0, 0.05) is 72.5 Å². The van der Waals surface area contributed by atoms with Crippen molar-refractivity contribution in [1.29, 1.82) is 0 Å². The fourth-order valence-corrected chi connectivity index (χ4v) is 13.0. The maximum atomic E-state index is 9.22. The average Bonchev–Trinajstić information content (AvgIpc) is 4.15. The number of hydrogen-bond donors (Lipinski definition) is 1. The molecule has 0 bridgehead atoms. The molecule has 1 unspecified atom stereocenters. The highest BCUT2D eigenvalue weighted by molar-refractivity contribution is 5.03. The Hall–Kier alpha value is -0.360. The maximum Gasteiger partial charge on any atom is 0.0815 e. The molecule has 1 spiro atoms. The van der Waals surface area contributed by atoms with Gasteiger partial charge in [-0.15, -0.1) is 0 Å². The third kappa shape index (κ3) is 33.0. The lowest BCUT2D eigenvalue weighted by atomic mass is 9.62. The minimum absolute atomic E-state index is 0.00958. The molecule has 2 saturated carbocycles. The number of likely N-dealkylation sites (tertiary alicyclic amines) is 6. The highest BCUT2D eigenvalue weighted by Crippen LogP contribution is 2.50. The van der Waals surface area contributed by atoms with Gasteiger partial charge < -0.3 is 5.11 Å². The Bertz CT molecular complexity index is 1470. The van der Waals surface area contributed by atoms with Crippen LogP contribution in [0.3, 0.4) is 0 Å². The molecular weight excluding hydrogens is 995 g/mol. The molecule has 0 aromatic rings. The average molecular weight is 1150 g/mol. The second-order valence-electron chi connectivity index (χ2n) is 34.9. The Labute approximate surface area is 509 Å². The summed E-state index contributed by atoms with van der Waals surface area (Å²) < 4.78 is 0. The summed E-state index contributed by atoms with van der Waals surface area (Å²) in [6, 6.07) is 0. The van der Waals surface area contributed by atoms with Gasteiger partial charge in [-0.05, 0) is 311 Å². The van der Waals surface area contributed by atoms with Crippen LogP contribution >= 0.6 is 0 Å². The van der Waals surface area contributed by atoms with Crippen LogP contribution in [0.25, 0.3) is 0 Å². The maximum absolute atomic E-state index is 9.22. The summed E-state index contributed by atoms with van der Waals surface area (Å²) in [5.41, 5.74) is 3.62. The summed E-state index contributed by atoms with van der Waals surface area (Å²) in [5.74, 6) is 1.00. The van der Waals surface area contributed by atoms with Gasteiger partial charge in [0.25, 0.3) is 0 Å². The van der Waals surface area contributed by atoms with Crippen molar-refractivity contribution in [3.8, 4) is 0 Å². The van der Waals surface area contributed by atoms with E-state index in [1.165, 1.54) is 207 Å². The van der Waals surface area contributed by atoms with Crippen LogP contribution in [0.1, 0.15) is 314 Å². The van der Waals surface area contributed by atoms with Crippen molar-refractivity contribution in [3.05, 3.63) is 0 Å². The van der Waals surface area contributed by atoms with E-state index in [1.54, 1.807) is 0 Å². The molecule has 1 N–H and O–H groups in total. The monoisotopic (exact) mass is 1140 g/mol. The van der Waals surface area contributed by atoms with Crippen LogP contribution in [0, 0.1) is 16.7 Å². The van der Waals surface area contributed by atoms with E-state index in [4.69, 9.17) is 4.84 Å². The van der Waals surface area contributed by atoms with Gasteiger partial charge in [0.1, 0.15) is 0 Å². The second kappa shape index (κ2) is 35.0. The second-order valence-corrected chi connectivity index (χ2v) is 34.9. The Kier molecular flexibility index (Phi) is 33.1. The number of aliphatic hydroxyl groups is 1. The first-order chi connectivity index (χ1) is 37.1. The van der Waals surface area contributed by atoms with Crippen LogP contribution in [0.15, 0.2) is 0 Å². The van der Waals surface area contributed by atoms with Gasteiger partial charge in [-0.1, -0.05) is 72.1 Å². The molecule has 1 atom stereocenters. The number of nitrogens with zero attached hydrogens (tertiary/aromatic N) is 7. The summed E-state index contributed by atoms with van der Waals surface area (Å²) in [5, 5.41) is 11.3. The van der Waals surface area contributed by atoms with E-state index in [-0.39, 0.29) is 17.2 Å². The van der Waals surface area contributed by atoms with Crippen LogP contribution in [0.5, 0.6) is 0 Å². The lowest BCUT2D eigenvalue weighted by Gasteiger charge is -2.60. The standard InChI is InChI=1S/C10H19N.C10H21N.C10H20.2C9H19N.2C8H17NO.C8H17N/c1-9(2,3)11-7-10(8-11)5-4-6-10;1-10(2,3)11-8-6-4-5-7-9-11;1-10(2,3)9-7-5-4-6-8-9;2*1-9(2,3)10-7-5-4-6-8-10;1-8(2,3)9-5-4-7(10)6-9;1-8(2,3)10-9-6-4-5-7-9;1-8(2,3)9-6-4-5-7-9/h4-8H2,1-3H3;4-9H2,1-3H3;9H,4-8H2,1-3H3;2*4-8H2,1-3H3;7,10H,4-6H2,1-3H3;4-7H2,1-3H3;4-7H2,1-3H3. The molecule has 9 heteroatoms. The van der Waals surface area contributed by atoms with Crippen LogP contribution in [-0.2, 0) is 4.84 Å². The van der Waals surface area contributed by atoms with Gasteiger partial charge in [0.15, 0.2) is 0 Å². The van der Waals surface area contributed by atoms with Crippen molar-refractivity contribution >= 4 is 0 Å². The van der Waals surface area contributed by atoms with E-state index in [9.17, 15) is 5.11 Å². The highest BCUT2D eigenvalue weighted by Gasteiger charge is 2.50. The molecule has 9 rings (SSSR count). The summed E-state index contributed by atoms with van der Waals surface area (Å²) in [4.78, 5) is 20.9. The molecule has 0 radical (unpaired) electrons. The third-order valence-corrected chi connectivity index (χ3v) is 19.0. The molecule has 9 nitrogen and oxygen atoms in total. The van der Waals surface area contributed by atoms with Crippen LogP contribution in [0.4, 0.5) is 0 Å². The zero-order valence-electron chi connectivity index (χ0n) is 59.8. The van der Waals surface area contributed by atoms with Crippen molar-refractivity contribution in [2.24, 2.45) is 16.7 Å². The van der Waals surface area contributed by atoms with Crippen LogP contribution in [-0.4, -0.2) is 176 Å². The summed E-state index contributed by atoms with van der Waals surface area (Å²) in [6.07, 6.45) is 32.2. The lowest BCUT2D eigenvalue weighted by Crippen LogP contribution is -2.64. The zero-order valence-corrected chi connectivity index (χ0v) is 59.8. The van der Waals surface area contributed by atoms with Crippen molar-refractivity contribution in [3.63, 3.8) is 0 Å². The molecule has 0 aromatic carbocycles. The first-order valence-electron chi connectivity index (χ1n) is 34.7. The van der Waals surface area contributed by atoms with Gasteiger partial charge >= 0.3 is 0 Å². The molecule has 484 valence electrons. The Morgan fingerprint density at radius 2 is 0.593 bits per heavy atom. The highest BCUT2D eigenvalue weighted by atomic mass is 16.7. The molecule has 7 saturated heterocycles. The van der Waals surface area contributed by atoms with Gasteiger partial charge in [0.2, 0.25) is 0 Å². The first-order valence-corrected chi connectivity index (χ1v) is 34.7. The normalized spacial score (nSPS) is 24.6.